The fourth-order valence-electron chi connectivity index (χ4n) is 3.00. The summed E-state index contributed by atoms with van der Waals surface area (Å²) >= 11 is 0. The van der Waals surface area contributed by atoms with Crippen molar-refractivity contribution in [1.82, 2.24) is 9.78 Å². The van der Waals surface area contributed by atoms with Crippen molar-refractivity contribution >= 4 is 18.6 Å². The summed E-state index contributed by atoms with van der Waals surface area (Å²) in [4.78, 5) is 23.9. The van der Waals surface area contributed by atoms with Crippen LogP contribution in [0.5, 0.6) is 11.5 Å². The lowest BCUT2D eigenvalue weighted by atomic mass is 10.1. The number of H-pyrrole nitrogens is 1. The van der Waals surface area contributed by atoms with E-state index in [4.69, 9.17) is 9.47 Å². The van der Waals surface area contributed by atoms with Gasteiger partial charge in [0.25, 0.3) is 5.56 Å². The molecule has 0 saturated carbocycles. The number of hydrogen-bond acceptors (Lipinski definition) is 5. The highest BCUT2D eigenvalue weighted by atomic mass is 16.5. The van der Waals surface area contributed by atoms with E-state index in [2.05, 4.69) is 25.5 Å². The number of carboxylic acid groups (broad SMARTS) is 1. The Bertz CT molecular complexity index is 1240. The summed E-state index contributed by atoms with van der Waals surface area (Å²) in [5, 5.41) is 14.7. The third kappa shape index (κ3) is 5.06. The molecule has 0 fully saturated rings. The first-order valence-electron chi connectivity index (χ1n) is 10.0. The van der Waals surface area contributed by atoms with Crippen molar-refractivity contribution in [3.8, 4) is 17.2 Å². The topological polar surface area (TPSA) is 96.4 Å². The molecule has 3 rings (SSSR count). The van der Waals surface area contributed by atoms with Crippen molar-refractivity contribution in [2.24, 2.45) is 5.92 Å². The number of nitrogens with zero attached hydrogens (tertiary/aromatic N) is 1. The summed E-state index contributed by atoms with van der Waals surface area (Å²) in [6.45, 7) is 11.0. The highest BCUT2D eigenvalue weighted by Gasteiger charge is 2.09. The Kier molecular flexibility index (Phi) is 6.65. The van der Waals surface area contributed by atoms with Crippen molar-refractivity contribution in [3.63, 3.8) is 0 Å². The first-order chi connectivity index (χ1) is 14.8. The Hall–Kier alpha value is -3.74. The smallest absolute Gasteiger partial charge is 0.279 e. The molecule has 0 bridgehead atoms. The van der Waals surface area contributed by atoms with E-state index < -0.39 is 5.97 Å². The fraction of sp³-hybridized carbons (Fsp3) is 0.250. The van der Waals surface area contributed by atoms with E-state index in [0.717, 1.165) is 5.56 Å². The number of rotatable bonds is 8. The van der Waals surface area contributed by atoms with Crippen LogP contribution in [-0.2, 0) is 0 Å². The van der Waals surface area contributed by atoms with Crippen LogP contribution in [0.3, 0.4) is 0 Å². The largest absolute Gasteiger partial charge is 0.545 e. The lowest BCUT2D eigenvalue weighted by Crippen LogP contribution is -2.34. The molecule has 162 valence electrons. The molecule has 1 heterocycles. The van der Waals surface area contributed by atoms with Crippen LogP contribution in [0.4, 0.5) is 0 Å². The first kappa shape index (κ1) is 22.0. The molecule has 0 amide bonds. The first-order valence-corrected chi connectivity index (χ1v) is 10.0. The van der Waals surface area contributed by atoms with E-state index in [9.17, 15) is 14.7 Å². The van der Waals surface area contributed by atoms with Gasteiger partial charge in [0, 0.05) is 0 Å². The highest BCUT2D eigenvalue weighted by molar-refractivity contribution is 5.85. The number of ether oxygens (including phenoxy) is 2. The third-order valence-electron chi connectivity index (χ3n) is 4.52. The SMILES string of the molecule is C=c1[nH]n(-c2ccc(C(=O)[O-])cc2)c(=O)/c1=C\c1ccc(OCC(C)C)c(OCC)c1. The molecule has 0 unspecified atom stereocenters. The average Bonchev–Trinajstić information content (AvgIpc) is 3.01. The minimum absolute atomic E-state index is 0.0354. The Morgan fingerprint density at radius 1 is 1.16 bits per heavy atom. The van der Waals surface area contributed by atoms with Crippen molar-refractivity contribution in [3.05, 3.63) is 74.5 Å². The maximum Gasteiger partial charge on any atom is 0.279 e. The van der Waals surface area contributed by atoms with Crippen LogP contribution in [0.25, 0.3) is 18.3 Å². The summed E-state index contributed by atoms with van der Waals surface area (Å²) in [7, 11) is 0. The lowest BCUT2D eigenvalue weighted by Gasteiger charge is -2.13. The zero-order valence-corrected chi connectivity index (χ0v) is 17.8. The number of aromatic nitrogens is 2. The maximum absolute atomic E-state index is 12.9. The van der Waals surface area contributed by atoms with Gasteiger partial charge >= 0.3 is 0 Å². The second-order valence-electron chi connectivity index (χ2n) is 7.47. The van der Waals surface area contributed by atoms with Gasteiger partial charge in [0.2, 0.25) is 0 Å². The number of carboxylic acids is 1. The second-order valence-corrected chi connectivity index (χ2v) is 7.47. The molecule has 0 aliphatic heterocycles. The van der Waals surface area contributed by atoms with Gasteiger partial charge in [-0.2, -0.15) is 0 Å². The lowest BCUT2D eigenvalue weighted by molar-refractivity contribution is -0.255. The molecule has 1 aromatic heterocycles. The summed E-state index contributed by atoms with van der Waals surface area (Å²) in [5.74, 6) is 0.370. The van der Waals surface area contributed by atoms with Gasteiger partial charge in [0.05, 0.1) is 35.4 Å². The van der Waals surface area contributed by atoms with Gasteiger partial charge in [0.1, 0.15) is 0 Å². The van der Waals surface area contributed by atoms with E-state index in [-0.39, 0.29) is 11.1 Å². The van der Waals surface area contributed by atoms with E-state index in [1.807, 2.05) is 25.1 Å². The Balaban J connectivity index is 2.00. The minimum Gasteiger partial charge on any atom is -0.545 e. The van der Waals surface area contributed by atoms with Gasteiger partial charge in [-0.1, -0.05) is 38.6 Å². The fourth-order valence-corrected chi connectivity index (χ4v) is 3.00. The summed E-state index contributed by atoms with van der Waals surface area (Å²) in [6.07, 6.45) is 1.72. The number of carbonyl (C=O) groups is 1. The molecule has 2 aromatic carbocycles. The molecular formula is C24H25N2O5-. The number of nitrogens with one attached hydrogen (secondary N) is 1. The predicted molar refractivity (Wildman–Crippen MR) is 117 cm³/mol. The Morgan fingerprint density at radius 3 is 2.48 bits per heavy atom. The normalized spacial score (nSPS) is 11.7. The average molecular weight is 421 g/mol. The van der Waals surface area contributed by atoms with Crippen LogP contribution >= 0.6 is 0 Å². The zero-order valence-electron chi connectivity index (χ0n) is 17.8. The number of carbonyl (C=O) groups excluding carboxylic acids is 1. The molecule has 0 radical (unpaired) electrons. The van der Waals surface area contributed by atoms with Crippen molar-refractivity contribution in [2.75, 3.05) is 13.2 Å². The van der Waals surface area contributed by atoms with E-state index in [1.54, 1.807) is 6.08 Å². The van der Waals surface area contributed by atoms with Crippen molar-refractivity contribution in [1.29, 1.82) is 0 Å². The van der Waals surface area contributed by atoms with E-state index in [0.29, 0.717) is 46.9 Å². The van der Waals surface area contributed by atoms with Gasteiger partial charge in [-0.05, 0) is 54.3 Å². The van der Waals surface area contributed by atoms with Gasteiger partial charge < -0.3 is 19.4 Å². The Morgan fingerprint density at radius 2 is 1.87 bits per heavy atom. The molecule has 0 aliphatic carbocycles. The van der Waals surface area contributed by atoms with Crippen LogP contribution in [-0.4, -0.2) is 29.0 Å². The van der Waals surface area contributed by atoms with Crippen LogP contribution in [0.2, 0.25) is 0 Å². The molecule has 7 heteroatoms. The highest BCUT2D eigenvalue weighted by Crippen LogP contribution is 2.29. The number of aromatic amines is 1. The third-order valence-corrected chi connectivity index (χ3v) is 4.52. The number of benzene rings is 2. The van der Waals surface area contributed by atoms with Crippen LogP contribution in [0.15, 0.2) is 47.3 Å². The molecule has 1 N–H and O–H groups in total. The van der Waals surface area contributed by atoms with Gasteiger partial charge in [-0.3, -0.25) is 9.89 Å². The molecule has 3 aromatic rings. The van der Waals surface area contributed by atoms with Gasteiger partial charge in [-0.25, -0.2) is 4.68 Å². The monoisotopic (exact) mass is 421 g/mol. The maximum atomic E-state index is 12.9. The summed E-state index contributed by atoms with van der Waals surface area (Å²) in [5.41, 5.74) is 0.991. The second kappa shape index (κ2) is 9.38. The van der Waals surface area contributed by atoms with Gasteiger partial charge in [0.15, 0.2) is 11.5 Å². The van der Waals surface area contributed by atoms with Gasteiger partial charge in [-0.15, -0.1) is 0 Å². The van der Waals surface area contributed by atoms with E-state index in [1.165, 1.54) is 28.9 Å². The molecule has 31 heavy (non-hydrogen) atoms. The molecule has 0 saturated heterocycles. The summed E-state index contributed by atoms with van der Waals surface area (Å²) in [6, 6.07) is 11.3. The molecule has 7 nitrogen and oxygen atoms in total. The zero-order chi connectivity index (χ0) is 22.5. The number of hydrogen-bond donors (Lipinski definition) is 1. The molecule has 0 atom stereocenters. The van der Waals surface area contributed by atoms with Crippen molar-refractivity contribution in [2.45, 2.75) is 20.8 Å². The minimum atomic E-state index is -1.27. The molecule has 0 spiro atoms. The van der Waals surface area contributed by atoms with Crippen LogP contribution in [0.1, 0.15) is 36.7 Å². The number of aromatic carboxylic acids is 1. The quantitative estimate of drug-likeness (QED) is 0.590. The summed E-state index contributed by atoms with van der Waals surface area (Å²) < 4.78 is 12.8. The predicted octanol–water partition coefficient (Wildman–Crippen LogP) is 1.20. The van der Waals surface area contributed by atoms with Crippen LogP contribution < -0.4 is 30.7 Å². The van der Waals surface area contributed by atoms with E-state index >= 15 is 0 Å². The molecular weight excluding hydrogens is 396 g/mol. The molecule has 0 aliphatic rings. The Labute approximate surface area is 179 Å². The van der Waals surface area contributed by atoms with Crippen molar-refractivity contribution < 1.29 is 19.4 Å². The standard InChI is InChI=1S/C24H26N2O5/c1-5-30-22-13-17(6-11-21(22)31-14-15(2)3)12-20-16(4)25-26(23(20)27)19-9-7-18(8-10-19)24(28)29/h6-13,15,25H,4-5,14H2,1-3H3,(H,28,29)/p-1/b20-12-. The van der Waals surface area contributed by atoms with Crippen LogP contribution in [0, 0.1) is 5.92 Å².